The van der Waals surface area contributed by atoms with Crippen molar-refractivity contribution in [1.29, 1.82) is 0 Å². The van der Waals surface area contributed by atoms with Crippen molar-refractivity contribution >= 4 is 54.9 Å². The van der Waals surface area contributed by atoms with Crippen LogP contribution in [-0.2, 0) is 13.1 Å². The number of carbonyl (C=O) groups excluding carboxylic acids is 2. The standard InChI is InChI=1S/C25H15N3O2S2/c29-22-15-3-1-2-4-16(15)23(30)17(22)10-13-5-6-14(9-13)28-11-18-20(12-28)32-25-21(18)27-24-19(26-25)7-8-31-24/h1-8,10H,9,11-12H2. The molecule has 2 aliphatic carbocycles. The Morgan fingerprint density at radius 2 is 1.75 bits per heavy atom. The van der Waals surface area contributed by atoms with Crippen molar-refractivity contribution in [1.82, 2.24) is 14.9 Å². The maximum absolute atomic E-state index is 12.7. The maximum Gasteiger partial charge on any atom is 0.197 e. The SMILES string of the molecule is O=C1C(=CC2=CC=C(N3Cc4sc5nc6ccsc6nc5c4C3)C2)C(=O)c2ccccc21. The van der Waals surface area contributed by atoms with Crippen molar-refractivity contribution in [3.63, 3.8) is 0 Å². The largest absolute Gasteiger partial charge is 0.365 e. The molecule has 7 heteroatoms. The fraction of sp³-hybridized carbons (Fsp3) is 0.120. The lowest BCUT2D eigenvalue weighted by Crippen LogP contribution is -2.15. The van der Waals surface area contributed by atoms with E-state index in [1.54, 1.807) is 53.0 Å². The van der Waals surface area contributed by atoms with Crippen LogP contribution >= 0.6 is 22.7 Å². The van der Waals surface area contributed by atoms with Gasteiger partial charge in [-0.25, -0.2) is 9.97 Å². The second-order valence-corrected chi connectivity index (χ2v) is 10.2. The normalized spacial score (nSPS) is 17.4. The number of ketones is 2. The first-order valence-corrected chi connectivity index (χ1v) is 12.1. The highest BCUT2D eigenvalue weighted by Crippen LogP contribution is 2.40. The molecule has 1 aliphatic heterocycles. The average Bonchev–Trinajstić information content (AvgIpc) is 3.60. The zero-order chi connectivity index (χ0) is 21.4. The second kappa shape index (κ2) is 6.54. The van der Waals surface area contributed by atoms with Crippen LogP contribution in [0.4, 0.5) is 0 Å². The molecule has 3 aliphatic rings. The van der Waals surface area contributed by atoms with Crippen LogP contribution in [0.2, 0.25) is 0 Å². The van der Waals surface area contributed by atoms with E-state index in [4.69, 9.17) is 9.97 Å². The molecule has 0 fully saturated rings. The zero-order valence-corrected chi connectivity index (χ0v) is 18.4. The molecule has 5 nitrogen and oxygen atoms in total. The molecule has 4 aromatic rings. The van der Waals surface area contributed by atoms with E-state index in [2.05, 4.69) is 11.0 Å². The fourth-order valence-corrected chi connectivity index (χ4v) is 6.55. The Hall–Kier alpha value is -3.42. The number of hydrogen-bond donors (Lipinski definition) is 0. The summed E-state index contributed by atoms with van der Waals surface area (Å²) in [5.41, 5.74) is 6.75. The van der Waals surface area contributed by atoms with Crippen LogP contribution < -0.4 is 0 Å². The highest BCUT2D eigenvalue weighted by Gasteiger charge is 2.33. The van der Waals surface area contributed by atoms with Gasteiger partial charge in [0.1, 0.15) is 20.7 Å². The van der Waals surface area contributed by atoms with Crippen molar-refractivity contribution in [3.8, 4) is 0 Å². The van der Waals surface area contributed by atoms with Gasteiger partial charge in [0.25, 0.3) is 0 Å². The minimum absolute atomic E-state index is 0.173. The number of hydrogen-bond acceptors (Lipinski definition) is 7. The predicted octanol–water partition coefficient (Wildman–Crippen LogP) is 5.44. The van der Waals surface area contributed by atoms with Gasteiger partial charge in [-0.15, -0.1) is 22.7 Å². The van der Waals surface area contributed by atoms with Crippen LogP contribution in [0.5, 0.6) is 0 Å². The minimum atomic E-state index is -0.173. The molecule has 32 heavy (non-hydrogen) atoms. The van der Waals surface area contributed by atoms with E-state index in [0.717, 1.165) is 39.4 Å². The summed E-state index contributed by atoms with van der Waals surface area (Å²) in [5.74, 6) is -0.346. The highest BCUT2D eigenvalue weighted by atomic mass is 32.1. The number of nitrogens with zero attached hydrogens (tertiary/aromatic N) is 3. The number of benzene rings is 1. The molecular formula is C25H15N3O2S2. The lowest BCUT2D eigenvalue weighted by Gasteiger charge is -2.19. The summed E-state index contributed by atoms with van der Waals surface area (Å²) in [4.78, 5) is 40.7. The summed E-state index contributed by atoms with van der Waals surface area (Å²) in [6, 6.07) is 9.06. The van der Waals surface area contributed by atoms with Gasteiger partial charge in [0, 0.05) is 40.2 Å². The Kier molecular flexibility index (Phi) is 3.72. The van der Waals surface area contributed by atoms with E-state index >= 15 is 0 Å². The van der Waals surface area contributed by atoms with E-state index in [1.165, 1.54) is 16.1 Å². The maximum atomic E-state index is 12.7. The van der Waals surface area contributed by atoms with Gasteiger partial charge in [0.05, 0.1) is 12.1 Å². The van der Waals surface area contributed by atoms with Gasteiger partial charge in [-0.2, -0.15) is 0 Å². The monoisotopic (exact) mass is 453 g/mol. The molecule has 0 atom stereocenters. The number of rotatable bonds is 2. The van der Waals surface area contributed by atoms with E-state index in [1.807, 2.05) is 17.5 Å². The molecule has 4 heterocycles. The van der Waals surface area contributed by atoms with Gasteiger partial charge in [-0.05, 0) is 29.2 Å². The molecular weight excluding hydrogens is 438 g/mol. The Bertz CT molecular complexity index is 1560. The third kappa shape index (κ3) is 2.55. The smallest absolute Gasteiger partial charge is 0.197 e. The number of fused-ring (bicyclic) bond motifs is 5. The van der Waals surface area contributed by atoms with Crippen LogP contribution in [0.15, 0.2) is 70.8 Å². The average molecular weight is 454 g/mol. The molecule has 3 aromatic heterocycles. The first kappa shape index (κ1) is 18.2. The van der Waals surface area contributed by atoms with Crippen molar-refractivity contribution < 1.29 is 9.59 Å². The van der Waals surface area contributed by atoms with Crippen molar-refractivity contribution in [2.24, 2.45) is 0 Å². The van der Waals surface area contributed by atoms with Crippen LogP contribution in [0, 0.1) is 0 Å². The van der Waals surface area contributed by atoms with Gasteiger partial charge >= 0.3 is 0 Å². The lowest BCUT2D eigenvalue weighted by molar-refractivity contribution is 0.0988. The summed E-state index contributed by atoms with van der Waals surface area (Å²) in [7, 11) is 0. The van der Waals surface area contributed by atoms with Crippen LogP contribution in [0.25, 0.3) is 20.7 Å². The first-order valence-electron chi connectivity index (χ1n) is 10.4. The molecule has 0 unspecified atom stereocenters. The molecule has 154 valence electrons. The number of carbonyl (C=O) groups is 2. The number of Topliss-reactive ketones (excluding diaryl/α,β-unsaturated/α-hetero) is 2. The summed E-state index contributed by atoms with van der Waals surface area (Å²) in [6.07, 6.45) is 6.61. The fourth-order valence-electron chi connectivity index (χ4n) is 4.70. The van der Waals surface area contributed by atoms with Crippen LogP contribution in [-0.4, -0.2) is 26.4 Å². The van der Waals surface area contributed by atoms with Gasteiger partial charge in [-0.3, -0.25) is 9.59 Å². The molecule has 1 aromatic carbocycles. The Morgan fingerprint density at radius 1 is 0.938 bits per heavy atom. The third-order valence-corrected chi connectivity index (χ3v) is 8.20. The first-order chi connectivity index (χ1) is 15.7. The van der Waals surface area contributed by atoms with E-state index < -0.39 is 0 Å². The van der Waals surface area contributed by atoms with E-state index in [-0.39, 0.29) is 17.1 Å². The van der Waals surface area contributed by atoms with Gasteiger partial charge in [0.15, 0.2) is 11.6 Å². The van der Waals surface area contributed by atoms with Crippen molar-refractivity contribution in [2.45, 2.75) is 19.5 Å². The van der Waals surface area contributed by atoms with Crippen LogP contribution in [0.1, 0.15) is 37.6 Å². The quantitative estimate of drug-likeness (QED) is 0.299. The summed E-state index contributed by atoms with van der Waals surface area (Å²) in [5, 5.41) is 2.03. The van der Waals surface area contributed by atoms with Crippen molar-refractivity contribution in [2.75, 3.05) is 0 Å². The number of aromatic nitrogens is 2. The van der Waals surface area contributed by atoms with Crippen LogP contribution in [0.3, 0.4) is 0 Å². The van der Waals surface area contributed by atoms with E-state index in [9.17, 15) is 9.59 Å². The lowest BCUT2D eigenvalue weighted by atomic mass is 10.1. The zero-order valence-electron chi connectivity index (χ0n) is 16.8. The molecule has 0 radical (unpaired) electrons. The van der Waals surface area contributed by atoms with Gasteiger partial charge in [0.2, 0.25) is 0 Å². The Balaban J connectivity index is 1.12. The minimum Gasteiger partial charge on any atom is -0.365 e. The Morgan fingerprint density at radius 3 is 2.56 bits per heavy atom. The predicted molar refractivity (Wildman–Crippen MR) is 126 cm³/mol. The summed E-state index contributed by atoms with van der Waals surface area (Å²) < 4.78 is 0. The molecule has 0 saturated heterocycles. The van der Waals surface area contributed by atoms with Crippen molar-refractivity contribution in [3.05, 3.63) is 92.4 Å². The molecule has 7 rings (SSSR count). The molecule has 0 bridgehead atoms. The third-order valence-electron chi connectivity index (χ3n) is 6.30. The van der Waals surface area contributed by atoms with E-state index in [0.29, 0.717) is 17.5 Å². The summed E-state index contributed by atoms with van der Waals surface area (Å²) >= 11 is 3.36. The Labute approximate surface area is 191 Å². The number of thiophene rings is 2. The topological polar surface area (TPSA) is 63.2 Å². The molecule has 0 saturated carbocycles. The molecule has 0 N–H and O–H groups in total. The van der Waals surface area contributed by atoms with Gasteiger partial charge < -0.3 is 4.90 Å². The summed E-state index contributed by atoms with van der Waals surface area (Å²) in [6.45, 7) is 1.66. The second-order valence-electron chi connectivity index (χ2n) is 8.19. The molecule has 0 amide bonds. The molecule has 0 spiro atoms. The van der Waals surface area contributed by atoms with Gasteiger partial charge in [-0.1, -0.05) is 30.3 Å². The number of allylic oxidation sites excluding steroid dienone is 5. The highest BCUT2D eigenvalue weighted by molar-refractivity contribution is 7.19.